The van der Waals surface area contributed by atoms with Crippen LogP contribution in [0.2, 0.25) is 0 Å². The van der Waals surface area contributed by atoms with Gasteiger partial charge in [-0.2, -0.15) is 0 Å². The van der Waals surface area contributed by atoms with Crippen LogP contribution in [0.1, 0.15) is 129 Å². The van der Waals surface area contributed by atoms with Gasteiger partial charge in [0, 0.05) is 13.0 Å². The summed E-state index contributed by atoms with van der Waals surface area (Å²) in [5.41, 5.74) is 0. The summed E-state index contributed by atoms with van der Waals surface area (Å²) < 4.78 is 43.7. The maximum absolute atomic E-state index is 11.8. The van der Waals surface area contributed by atoms with Gasteiger partial charge in [-0.1, -0.05) is 110 Å². The number of hydrogen-bond donors (Lipinski definition) is 0. The first-order valence-corrected chi connectivity index (χ1v) is 18.5. The largest absolute Gasteiger partial charge is 0.463 e. The van der Waals surface area contributed by atoms with E-state index in [2.05, 4.69) is 13.8 Å². The van der Waals surface area contributed by atoms with E-state index in [-0.39, 0.29) is 5.97 Å². The molecule has 0 saturated heterocycles. The fourth-order valence-corrected chi connectivity index (χ4v) is 4.63. The zero-order valence-corrected chi connectivity index (χ0v) is 29.5. The number of carbonyl (C=O) groups is 1. The van der Waals surface area contributed by atoms with Gasteiger partial charge < -0.3 is 37.9 Å². The lowest BCUT2D eigenvalue weighted by atomic mass is 10.0. The number of unbranched alkanes of at least 4 members (excludes halogenated alkanes) is 15. The minimum atomic E-state index is -0.124. The van der Waals surface area contributed by atoms with E-state index in [4.69, 9.17) is 37.9 Å². The Kier molecular flexibility index (Phi) is 40.5. The summed E-state index contributed by atoms with van der Waals surface area (Å²) >= 11 is 0. The summed E-state index contributed by atoms with van der Waals surface area (Å²) in [4.78, 5) is 11.8. The van der Waals surface area contributed by atoms with Gasteiger partial charge in [0.1, 0.15) is 6.61 Å². The molecule has 9 heteroatoms. The molecular weight excluding hydrogens is 576 g/mol. The minimum absolute atomic E-state index is 0.124. The second kappa shape index (κ2) is 41.2. The Labute approximate surface area is 277 Å². The standard InChI is InChI=1S/C36H72O9/c1-3-5-7-9-10-11-12-13-14-15-16-17-18-20-36(37)45-35-34-44-33-32-43-31-30-42-29-28-41-27-26-40-25-24-39-23-22-38-21-19-8-6-4-2/h3-35H2,1-2H3. The fraction of sp³-hybridized carbons (Fsp3) is 0.972. The van der Waals surface area contributed by atoms with Crippen LogP contribution >= 0.6 is 0 Å². The average Bonchev–Trinajstić information content (AvgIpc) is 3.05. The van der Waals surface area contributed by atoms with Crippen LogP contribution in [0.25, 0.3) is 0 Å². The third kappa shape index (κ3) is 41.2. The van der Waals surface area contributed by atoms with Gasteiger partial charge in [-0.25, -0.2) is 0 Å². The Morgan fingerprint density at radius 1 is 0.311 bits per heavy atom. The van der Waals surface area contributed by atoms with Crippen molar-refractivity contribution < 1.29 is 42.7 Å². The van der Waals surface area contributed by atoms with E-state index >= 15 is 0 Å². The third-order valence-electron chi connectivity index (χ3n) is 7.35. The summed E-state index contributed by atoms with van der Waals surface area (Å²) in [6.07, 6.45) is 22.3. The van der Waals surface area contributed by atoms with Crippen LogP contribution in [0.3, 0.4) is 0 Å². The highest BCUT2D eigenvalue weighted by atomic mass is 16.6. The predicted molar refractivity (Wildman–Crippen MR) is 181 cm³/mol. The number of rotatable bonds is 40. The smallest absolute Gasteiger partial charge is 0.305 e. The van der Waals surface area contributed by atoms with Crippen molar-refractivity contribution in [1.82, 2.24) is 0 Å². The fourth-order valence-electron chi connectivity index (χ4n) is 4.63. The molecule has 0 spiro atoms. The quantitative estimate of drug-likeness (QED) is 0.0489. The van der Waals surface area contributed by atoms with E-state index in [0.717, 1.165) is 25.9 Å². The van der Waals surface area contributed by atoms with Crippen LogP contribution in [0.15, 0.2) is 0 Å². The molecule has 0 radical (unpaired) electrons. The van der Waals surface area contributed by atoms with Gasteiger partial charge in [0.05, 0.1) is 85.9 Å². The van der Waals surface area contributed by atoms with Crippen molar-refractivity contribution in [2.75, 3.05) is 99.1 Å². The summed E-state index contributed by atoms with van der Waals surface area (Å²) in [5.74, 6) is -0.124. The van der Waals surface area contributed by atoms with E-state index in [1.807, 2.05) is 0 Å². The van der Waals surface area contributed by atoms with E-state index in [9.17, 15) is 4.79 Å². The zero-order valence-electron chi connectivity index (χ0n) is 29.5. The van der Waals surface area contributed by atoms with E-state index < -0.39 is 0 Å². The van der Waals surface area contributed by atoms with Gasteiger partial charge >= 0.3 is 5.97 Å². The molecule has 0 N–H and O–H groups in total. The molecule has 45 heavy (non-hydrogen) atoms. The number of hydrogen-bond acceptors (Lipinski definition) is 9. The lowest BCUT2D eigenvalue weighted by Gasteiger charge is -2.09. The normalized spacial score (nSPS) is 11.4. The topological polar surface area (TPSA) is 90.9 Å². The van der Waals surface area contributed by atoms with Crippen molar-refractivity contribution in [1.29, 1.82) is 0 Å². The van der Waals surface area contributed by atoms with Crippen molar-refractivity contribution in [3.8, 4) is 0 Å². The second-order valence-corrected chi connectivity index (χ2v) is 11.6. The lowest BCUT2D eigenvalue weighted by Crippen LogP contribution is -2.15. The maximum atomic E-state index is 11.8. The molecule has 0 aromatic carbocycles. The maximum Gasteiger partial charge on any atom is 0.305 e. The molecular formula is C36H72O9. The van der Waals surface area contributed by atoms with Crippen LogP contribution < -0.4 is 0 Å². The highest BCUT2D eigenvalue weighted by molar-refractivity contribution is 5.69. The molecule has 0 amide bonds. The van der Waals surface area contributed by atoms with Crippen molar-refractivity contribution in [3.05, 3.63) is 0 Å². The van der Waals surface area contributed by atoms with E-state index in [1.54, 1.807) is 0 Å². The Morgan fingerprint density at radius 3 is 0.933 bits per heavy atom. The number of ether oxygens (including phenoxy) is 8. The molecule has 0 bridgehead atoms. The summed E-state index contributed by atoms with van der Waals surface area (Å²) in [7, 11) is 0. The van der Waals surface area contributed by atoms with E-state index in [0.29, 0.717) is 98.9 Å². The van der Waals surface area contributed by atoms with Gasteiger partial charge in [-0.3, -0.25) is 4.79 Å². The summed E-state index contributed by atoms with van der Waals surface area (Å²) in [6.45, 7) is 12.5. The predicted octanol–water partition coefficient (Wildman–Crippen LogP) is 7.71. The number of esters is 1. The van der Waals surface area contributed by atoms with Crippen LogP contribution in [0.5, 0.6) is 0 Å². The Bertz CT molecular complexity index is 551. The van der Waals surface area contributed by atoms with Crippen molar-refractivity contribution in [2.45, 2.75) is 129 Å². The molecule has 270 valence electrons. The molecule has 9 nitrogen and oxygen atoms in total. The summed E-state index contributed by atoms with van der Waals surface area (Å²) in [6, 6.07) is 0. The molecule has 0 aliphatic heterocycles. The molecule has 0 aliphatic carbocycles. The van der Waals surface area contributed by atoms with Gasteiger partial charge in [0.2, 0.25) is 0 Å². The SMILES string of the molecule is CCCCCCCCCCCCCCCC(=O)OCCOCCOCCOCCOCCOCCOCCOCCCCCC. The first-order valence-electron chi connectivity index (χ1n) is 18.5. The van der Waals surface area contributed by atoms with Crippen LogP contribution in [-0.4, -0.2) is 105 Å². The zero-order chi connectivity index (χ0) is 32.6. The van der Waals surface area contributed by atoms with Crippen molar-refractivity contribution >= 4 is 5.97 Å². The van der Waals surface area contributed by atoms with Crippen molar-refractivity contribution in [2.24, 2.45) is 0 Å². The highest BCUT2D eigenvalue weighted by Crippen LogP contribution is 2.13. The Morgan fingerprint density at radius 2 is 0.578 bits per heavy atom. The molecule has 0 saturated carbocycles. The van der Waals surface area contributed by atoms with Crippen LogP contribution in [-0.2, 0) is 42.7 Å². The molecule has 0 rings (SSSR count). The van der Waals surface area contributed by atoms with Gasteiger partial charge in [0.25, 0.3) is 0 Å². The van der Waals surface area contributed by atoms with Gasteiger partial charge in [-0.15, -0.1) is 0 Å². The van der Waals surface area contributed by atoms with Crippen LogP contribution in [0, 0.1) is 0 Å². The average molecular weight is 649 g/mol. The first kappa shape index (κ1) is 44.2. The molecule has 0 aliphatic rings. The molecule has 0 atom stereocenters. The lowest BCUT2D eigenvalue weighted by molar-refractivity contribution is -0.145. The van der Waals surface area contributed by atoms with Gasteiger partial charge in [-0.05, 0) is 12.8 Å². The third-order valence-corrected chi connectivity index (χ3v) is 7.35. The monoisotopic (exact) mass is 649 g/mol. The first-order chi connectivity index (χ1) is 22.3. The van der Waals surface area contributed by atoms with E-state index in [1.165, 1.54) is 89.9 Å². The summed E-state index contributed by atoms with van der Waals surface area (Å²) in [5, 5.41) is 0. The van der Waals surface area contributed by atoms with Gasteiger partial charge in [0.15, 0.2) is 0 Å². The molecule has 0 unspecified atom stereocenters. The molecule has 0 aromatic heterocycles. The second-order valence-electron chi connectivity index (χ2n) is 11.6. The Hall–Kier alpha value is -0.810. The minimum Gasteiger partial charge on any atom is -0.463 e. The van der Waals surface area contributed by atoms with Crippen molar-refractivity contribution in [3.63, 3.8) is 0 Å². The molecule has 0 heterocycles. The van der Waals surface area contributed by atoms with Crippen LogP contribution in [0.4, 0.5) is 0 Å². The molecule has 0 fully saturated rings. The number of carbonyl (C=O) groups excluding carboxylic acids is 1. The highest BCUT2D eigenvalue weighted by Gasteiger charge is 2.03. The molecule has 0 aromatic rings. The Balaban J connectivity index is 3.12.